The van der Waals surface area contributed by atoms with Gasteiger partial charge in [0.2, 0.25) is 0 Å². The highest BCUT2D eigenvalue weighted by atomic mass is 79.9. The van der Waals surface area contributed by atoms with Crippen LogP contribution in [0.1, 0.15) is 37.8 Å². The molecule has 0 aliphatic carbocycles. The Bertz CT molecular complexity index is 394. The third-order valence-corrected chi connectivity index (χ3v) is 4.45. The van der Waals surface area contributed by atoms with Crippen molar-refractivity contribution >= 4 is 15.9 Å². The summed E-state index contributed by atoms with van der Waals surface area (Å²) in [5.74, 6) is 0. The van der Waals surface area contributed by atoms with Crippen LogP contribution in [0.4, 0.5) is 0 Å². The van der Waals surface area contributed by atoms with Crippen molar-refractivity contribution in [3.05, 3.63) is 34.3 Å². The fraction of sp³-hybridized carbons (Fsp3) is 0.625. The highest BCUT2D eigenvalue weighted by Gasteiger charge is 2.20. The number of halogens is 1. The van der Waals surface area contributed by atoms with Crippen LogP contribution < -0.4 is 5.73 Å². The lowest BCUT2D eigenvalue weighted by Gasteiger charge is -2.33. The fourth-order valence-electron chi connectivity index (χ4n) is 2.79. The third-order valence-electron chi connectivity index (χ3n) is 3.92. The number of piperidine rings is 1. The average Bonchev–Trinajstić information content (AvgIpc) is 2.46. The lowest BCUT2D eigenvalue weighted by atomic mass is 10.0. The van der Waals surface area contributed by atoms with Crippen LogP contribution in [-0.2, 0) is 4.74 Å². The van der Waals surface area contributed by atoms with Crippen molar-refractivity contribution in [2.45, 2.75) is 38.3 Å². The first kappa shape index (κ1) is 16.0. The molecule has 2 unspecified atom stereocenters. The highest BCUT2D eigenvalue weighted by Crippen LogP contribution is 2.19. The summed E-state index contributed by atoms with van der Waals surface area (Å²) in [4.78, 5) is 2.49. The van der Waals surface area contributed by atoms with Crippen LogP contribution in [0.15, 0.2) is 28.7 Å². The van der Waals surface area contributed by atoms with Gasteiger partial charge in [-0.25, -0.2) is 0 Å². The van der Waals surface area contributed by atoms with Crippen LogP contribution in [0.3, 0.4) is 0 Å². The molecule has 1 heterocycles. The first-order valence-corrected chi connectivity index (χ1v) is 8.33. The molecular formula is C16H25BrN2O. The Hall–Kier alpha value is -0.420. The van der Waals surface area contributed by atoms with Crippen molar-refractivity contribution in [3.8, 4) is 0 Å². The van der Waals surface area contributed by atoms with Gasteiger partial charge in [0.1, 0.15) is 0 Å². The van der Waals surface area contributed by atoms with Crippen molar-refractivity contribution in [1.82, 2.24) is 4.90 Å². The van der Waals surface area contributed by atoms with Gasteiger partial charge in [-0.3, -0.25) is 0 Å². The van der Waals surface area contributed by atoms with Gasteiger partial charge in [-0.1, -0.05) is 28.1 Å². The first-order chi connectivity index (χ1) is 9.69. The molecule has 20 heavy (non-hydrogen) atoms. The van der Waals surface area contributed by atoms with Crippen LogP contribution >= 0.6 is 15.9 Å². The molecule has 1 aliphatic rings. The summed E-state index contributed by atoms with van der Waals surface area (Å²) in [7, 11) is 0. The average molecular weight is 341 g/mol. The molecule has 2 N–H and O–H groups in total. The molecule has 2 rings (SSSR count). The van der Waals surface area contributed by atoms with Gasteiger partial charge in [-0.15, -0.1) is 0 Å². The maximum Gasteiger partial charge on any atom is 0.0702 e. The first-order valence-electron chi connectivity index (χ1n) is 7.54. The fourth-order valence-corrected chi connectivity index (χ4v) is 3.05. The van der Waals surface area contributed by atoms with Crippen LogP contribution in [0.25, 0.3) is 0 Å². The lowest BCUT2D eigenvalue weighted by Crippen LogP contribution is -2.40. The molecule has 1 aliphatic heterocycles. The van der Waals surface area contributed by atoms with Crippen molar-refractivity contribution in [1.29, 1.82) is 0 Å². The minimum Gasteiger partial charge on any atom is -0.377 e. The number of rotatable bonds is 6. The van der Waals surface area contributed by atoms with Gasteiger partial charge in [0.15, 0.2) is 0 Å². The standard InChI is InChI=1S/C16H25BrN2O/c1-2-20-15-4-3-10-19(12-15)11-9-16(18)13-5-7-14(17)8-6-13/h5-8,15-16H,2-4,9-12,18H2,1H3. The minimum atomic E-state index is 0.121. The maximum absolute atomic E-state index is 6.28. The molecule has 1 fully saturated rings. The monoisotopic (exact) mass is 340 g/mol. The van der Waals surface area contributed by atoms with Gasteiger partial charge in [-0.05, 0) is 50.4 Å². The molecule has 0 aromatic heterocycles. The van der Waals surface area contributed by atoms with Crippen molar-refractivity contribution < 1.29 is 4.74 Å². The maximum atomic E-state index is 6.28. The van der Waals surface area contributed by atoms with E-state index in [1.165, 1.54) is 24.9 Å². The number of hydrogen-bond acceptors (Lipinski definition) is 3. The summed E-state index contributed by atoms with van der Waals surface area (Å²) in [6.07, 6.45) is 3.85. The van der Waals surface area contributed by atoms with Crippen LogP contribution in [0, 0.1) is 0 Å². The SMILES string of the molecule is CCOC1CCCN(CCC(N)c2ccc(Br)cc2)C1. The minimum absolute atomic E-state index is 0.121. The molecule has 0 bridgehead atoms. The zero-order chi connectivity index (χ0) is 14.4. The Labute approximate surface area is 130 Å². The largest absolute Gasteiger partial charge is 0.377 e. The van der Waals surface area contributed by atoms with E-state index in [2.05, 4.69) is 52.0 Å². The van der Waals surface area contributed by atoms with Gasteiger partial charge in [0.25, 0.3) is 0 Å². The van der Waals surface area contributed by atoms with Crippen LogP contribution in [0.5, 0.6) is 0 Å². The molecule has 1 saturated heterocycles. The smallest absolute Gasteiger partial charge is 0.0702 e. The van der Waals surface area contributed by atoms with E-state index in [4.69, 9.17) is 10.5 Å². The number of nitrogens with zero attached hydrogens (tertiary/aromatic N) is 1. The highest BCUT2D eigenvalue weighted by molar-refractivity contribution is 9.10. The molecular weight excluding hydrogens is 316 g/mol. The normalized spacial score (nSPS) is 21.9. The van der Waals surface area contributed by atoms with Crippen molar-refractivity contribution in [2.24, 2.45) is 5.73 Å². The summed E-state index contributed by atoms with van der Waals surface area (Å²) in [5, 5.41) is 0. The van der Waals surface area contributed by atoms with E-state index in [-0.39, 0.29) is 6.04 Å². The Balaban J connectivity index is 1.78. The Morgan fingerprint density at radius 1 is 1.40 bits per heavy atom. The number of hydrogen-bond donors (Lipinski definition) is 1. The van der Waals surface area contributed by atoms with Crippen LogP contribution in [-0.4, -0.2) is 37.2 Å². The van der Waals surface area contributed by atoms with E-state index >= 15 is 0 Å². The number of benzene rings is 1. The molecule has 0 amide bonds. The molecule has 0 radical (unpaired) electrons. The number of likely N-dealkylation sites (tertiary alicyclic amines) is 1. The van der Waals surface area contributed by atoms with E-state index < -0.39 is 0 Å². The molecule has 0 spiro atoms. The molecule has 4 heteroatoms. The number of nitrogens with two attached hydrogens (primary N) is 1. The third kappa shape index (κ3) is 4.85. The van der Waals surface area contributed by atoms with E-state index in [1.807, 2.05) is 0 Å². The second-order valence-corrected chi connectivity index (χ2v) is 6.38. The summed E-state index contributed by atoms with van der Waals surface area (Å²) in [6, 6.07) is 8.44. The molecule has 2 atom stereocenters. The van der Waals surface area contributed by atoms with Gasteiger partial charge in [0.05, 0.1) is 6.10 Å². The van der Waals surface area contributed by atoms with E-state index in [1.54, 1.807) is 0 Å². The topological polar surface area (TPSA) is 38.5 Å². The summed E-state index contributed by atoms with van der Waals surface area (Å²) >= 11 is 3.45. The van der Waals surface area contributed by atoms with Crippen molar-refractivity contribution in [2.75, 3.05) is 26.2 Å². The van der Waals surface area contributed by atoms with Gasteiger partial charge >= 0.3 is 0 Å². The number of ether oxygens (including phenoxy) is 1. The molecule has 0 saturated carbocycles. The molecule has 1 aromatic carbocycles. The van der Waals surface area contributed by atoms with Crippen LogP contribution in [0.2, 0.25) is 0 Å². The van der Waals surface area contributed by atoms with Gasteiger partial charge in [0, 0.05) is 30.2 Å². The predicted octanol–water partition coefficient (Wildman–Crippen LogP) is 3.34. The molecule has 112 valence electrons. The Morgan fingerprint density at radius 2 is 2.15 bits per heavy atom. The summed E-state index contributed by atoms with van der Waals surface area (Å²) < 4.78 is 6.84. The second kappa shape index (κ2) is 8.13. The van der Waals surface area contributed by atoms with E-state index in [9.17, 15) is 0 Å². The van der Waals surface area contributed by atoms with Crippen molar-refractivity contribution in [3.63, 3.8) is 0 Å². The predicted molar refractivity (Wildman–Crippen MR) is 86.8 cm³/mol. The van der Waals surface area contributed by atoms with E-state index in [0.717, 1.165) is 30.6 Å². The van der Waals surface area contributed by atoms with E-state index in [0.29, 0.717) is 6.10 Å². The van der Waals surface area contributed by atoms with Gasteiger partial charge < -0.3 is 15.4 Å². The Kier molecular flexibility index (Phi) is 6.49. The zero-order valence-electron chi connectivity index (χ0n) is 12.2. The molecule has 1 aromatic rings. The summed E-state index contributed by atoms with van der Waals surface area (Å²) in [6.45, 7) is 6.18. The lowest BCUT2D eigenvalue weighted by molar-refractivity contribution is 0.00530. The zero-order valence-corrected chi connectivity index (χ0v) is 13.8. The summed E-state index contributed by atoms with van der Waals surface area (Å²) in [5.41, 5.74) is 7.50. The second-order valence-electron chi connectivity index (χ2n) is 5.47. The van der Waals surface area contributed by atoms with Gasteiger partial charge in [-0.2, -0.15) is 0 Å². The Morgan fingerprint density at radius 3 is 2.85 bits per heavy atom. The quantitative estimate of drug-likeness (QED) is 0.862. The molecule has 3 nitrogen and oxygen atoms in total.